The molecule has 0 aromatic heterocycles. The molecule has 0 aliphatic carbocycles. The van der Waals surface area contributed by atoms with Crippen molar-refractivity contribution in [3.05, 3.63) is 29.1 Å². The van der Waals surface area contributed by atoms with E-state index >= 15 is 0 Å². The molecule has 0 saturated carbocycles. The van der Waals surface area contributed by atoms with Crippen molar-refractivity contribution in [1.29, 1.82) is 0 Å². The van der Waals surface area contributed by atoms with Gasteiger partial charge in [0.2, 0.25) is 0 Å². The van der Waals surface area contributed by atoms with Gasteiger partial charge in [0.15, 0.2) is 5.78 Å². The number of halogens is 1. The molecule has 0 fully saturated rings. The van der Waals surface area contributed by atoms with Gasteiger partial charge in [-0.3, -0.25) is 4.79 Å². The third-order valence-corrected chi connectivity index (χ3v) is 2.52. The van der Waals surface area contributed by atoms with E-state index in [0.29, 0.717) is 12.3 Å². The van der Waals surface area contributed by atoms with Crippen molar-refractivity contribution >= 4 is 11.5 Å². The summed E-state index contributed by atoms with van der Waals surface area (Å²) in [5.74, 6) is -0.770. The van der Waals surface area contributed by atoms with Gasteiger partial charge in [-0.05, 0) is 32.4 Å². The fraction of sp³-hybridized carbons (Fsp3) is 0.533. The van der Waals surface area contributed by atoms with Crippen molar-refractivity contribution < 1.29 is 13.9 Å². The van der Waals surface area contributed by atoms with Crippen molar-refractivity contribution in [3.8, 4) is 0 Å². The highest BCUT2D eigenvalue weighted by molar-refractivity contribution is 6.00. The number of rotatable bonds is 5. The SMILES string of the molecule is CC.COC[C@H](C)Nc1c(C)ccc(F)c1C(C)=O. The quantitative estimate of drug-likeness (QED) is 0.826. The topological polar surface area (TPSA) is 38.3 Å². The fourth-order valence-electron chi connectivity index (χ4n) is 1.75. The molecule has 0 amide bonds. The second-order valence-corrected chi connectivity index (χ2v) is 4.17. The summed E-state index contributed by atoms with van der Waals surface area (Å²) in [6.07, 6.45) is 0. The van der Waals surface area contributed by atoms with Crippen molar-refractivity contribution in [3.63, 3.8) is 0 Å². The van der Waals surface area contributed by atoms with Crippen molar-refractivity contribution in [1.82, 2.24) is 0 Å². The zero-order valence-electron chi connectivity index (χ0n) is 12.6. The van der Waals surface area contributed by atoms with Crippen LogP contribution in [0, 0.1) is 12.7 Å². The number of nitrogens with one attached hydrogen (secondary N) is 1. The highest BCUT2D eigenvalue weighted by Gasteiger charge is 2.16. The van der Waals surface area contributed by atoms with Crippen LogP contribution >= 0.6 is 0 Å². The number of anilines is 1. The number of ketones is 1. The highest BCUT2D eigenvalue weighted by atomic mass is 19.1. The molecular formula is C15H24FNO2. The van der Waals surface area contributed by atoms with Gasteiger partial charge >= 0.3 is 0 Å². The number of hydrogen-bond acceptors (Lipinski definition) is 3. The van der Waals surface area contributed by atoms with Gasteiger partial charge in [0.1, 0.15) is 5.82 Å². The second kappa shape index (κ2) is 8.64. The predicted octanol–water partition coefficient (Wildman–Crippen LogP) is 3.81. The molecule has 1 aromatic carbocycles. The Morgan fingerprint density at radius 2 is 2.00 bits per heavy atom. The van der Waals surface area contributed by atoms with E-state index in [2.05, 4.69) is 5.32 Å². The Bertz CT molecular complexity index is 419. The van der Waals surface area contributed by atoms with E-state index < -0.39 is 5.82 Å². The van der Waals surface area contributed by atoms with E-state index in [0.717, 1.165) is 5.56 Å². The lowest BCUT2D eigenvalue weighted by molar-refractivity contribution is 0.101. The Hall–Kier alpha value is -1.42. The molecule has 0 bridgehead atoms. The summed E-state index contributed by atoms with van der Waals surface area (Å²) in [5, 5.41) is 3.12. The van der Waals surface area contributed by atoms with Gasteiger partial charge in [-0.1, -0.05) is 19.9 Å². The van der Waals surface area contributed by atoms with Gasteiger partial charge in [0.25, 0.3) is 0 Å². The maximum absolute atomic E-state index is 13.6. The maximum atomic E-state index is 13.6. The third kappa shape index (κ3) is 4.99. The number of benzene rings is 1. The minimum Gasteiger partial charge on any atom is -0.383 e. The van der Waals surface area contributed by atoms with Gasteiger partial charge in [-0.2, -0.15) is 0 Å². The Balaban J connectivity index is 0.00000154. The smallest absolute Gasteiger partial charge is 0.164 e. The summed E-state index contributed by atoms with van der Waals surface area (Å²) < 4.78 is 18.6. The largest absolute Gasteiger partial charge is 0.383 e. The van der Waals surface area contributed by atoms with Gasteiger partial charge in [-0.15, -0.1) is 0 Å². The van der Waals surface area contributed by atoms with Crippen LogP contribution in [0.4, 0.5) is 10.1 Å². The molecule has 0 aliphatic rings. The second-order valence-electron chi connectivity index (χ2n) is 4.17. The zero-order valence-corrected chi connectivity index (χ0v) is 12.6. The van der Waals surface area contributed by atoms with E-state index in [1.807, 2.05) is 27.7 Å². The summed E-state index contributed by atoms with van der Waals surface area (Å²) in [7, 11) is 1.60. The van der Waals surface area contributed by atoms with E-state index in [-0.39, 0.29) is 17.4 Å². The van der Waals surface area contributed by atoms with Gasteiger partial charge in [0, 0.05) is 13.2 Å². The molecule has 108 valence electrons. The monoisotopic (exact) mass is 269 g/mol. The molecular weight excluding hydrogens is 245 g/mol. The van der Waals surface area contributed by atoms with E-state index in [1.54, 1.807) is 13.2 Å². The van der Waals surface area contributed by atoms with Gasteiger partial charge in [-0.25, -0.2) is 4.39 Å². The summed E-state index contributed by atoms with van der Waals surface area (Å²) in [6.45, 7) is 9.61. The first kappa shape index (κ1) is 17.6. The first-order valence-electron chi connectivity index (χ1n) is 6.52. The number of Topliss-reactive ketones (excluding diaryl/α,β-unsaturated/α-hetero) is 1. The zero-order chi connectivity index (χ0) is 15.0. The van der Waals surface area contributed by atoms with Crippen LogP contribution in [-0.4, -0.2) is 25.5 Å². The van der Waals surface area contributed by atoms with Crippen LogP contribution < -0.4 is 5.32 Å². The number of aryl methyl sites for hydroxylation is 1. The van der Waals surface area contributed by atoms with E-state index in [1.165, 1.54) is 13.0 Å². The highest BCUT2D eigenvalue weighted by Crippen LogP contribution is 2.24. The molecule has 1 atom stereocenters. The lowest BCUT2D eigenvalue weighted by Gasteiger charge is -2.19. The molecule has 1 rings (SSSR count). The molecule has 0 heterocycles. The molecule has 0 spiro atoms. The number of hydrogen-bond donors (Lipinski definition) is 1. The fourth-order valence-corrected chi connectivity index (χ4v) is 1.75. The van der Waals surface area contributed by atoms with Crippen molar-refractivity contribution in [2.75, 3.05) is 19.0 Å². The van der Waals surface area contributed by atoms with Gasteiger partial charge in [0.05, 0.1) is 17.9 Å². The maximum Gasteiger partial charge on any atom is 0.164 e. The van der Waals surface area contributed by atoms with Gasteiger partial charge < -0.3 is 10.1 Å². The lowest BCUT2D eigenvalue weighted by atomic mass is 10.0. The first-order valence-corrected chi connectivity index (χ1v) is 6.52. The van der Waals surface area contributed by atoms with Crippen LogP contribution in [0.5, 0.6) is 0 Å². The summed E-state index contributed by atoms with van der Waals surface area (Å²) >= 11 is 0. The third-order valence-electron chi connectivity index (χ3n) is 2.52. The Morgan fingerprint density at radius 1 is 1.42 bits per heavy atom. The van der Waals surface area contributed by atoms with Crippen LogP contribution in [0.3, 0.4) is 0 Å². The molecule has 0 radical (unpaired) electrons. The summed E-state index contributed by atoms with van der Waals surface area (Å²) in [5.41, 5.74) is 1.52. The van der Waals surface area contributed by atoms with Crippen LogP contribution in [0.2, 0.25) is 0 Å². The van der Waals surface area contributed by atoms with E-state index in [4.69, 9.17) is 4.74 Å². The average Bonchev–Trinajstić information content (AvgIpc) is 2.36. The molecule has 4 heteroatoms. The molecule has 1 aromatic rings. The van der Waals surface area contributed by atoms with Crippen LogP contribution in [0.25, 0.3) is 0 Å². The van der Waals surface area contributed by atoms with Crippen LogP contribution in [0.1, 0.15) is 43.6 Å². The lowest BCUT2D eigenvalue weighted by Crippen LogP contribution is -2.23. The first-order chi connectivity index (χ1) is 8.97. The molecule has 19 heavy (non-hydrogen) atoms. The van der Waals surface area contributed by atoms with E-state index in [9.17, 15) is 9.18 Å². The minimum atomic E-state index is -0.491. The average molecular weight is 269 g/mol. The summed E-state index contributed by atoms with van der Waals surface area (Å²) in [6, 6.07) is 2.99. The Morgan fingerprint density at radius 3 is 2.47 bits per heavy atom. The number of carbonyl (C=O) groups is 1. The molecule has 1 N–H and O–H groups in total. The predicted molar refractivity (Wildman–Crippen MR) is 77.5 cm³/mol. The van der Waals surface area contributed by atoms with Crippen LogP contribution in [-0.2, 0) is 4.74 Å². The number of ether oxygens (including phenoxy) is 1. The standard InChI is InChI=1S/C13H18FNO2.C2H6/c1-8-5-6-11(14)12(10(3)16)13(8)15-9(2)7-17-4;1-2/h5-6,9,15H,7H2,1-4H3;1-2H3/t9-;/m0./s1. The van der Waals surface area contributed by atoms with Crippen molar-refractivity contribution in [2.24, 2.45) is 0 Å². The Labute approximate surface area is 115 Å². The molecule has 3 nitrogen and oxygen atoms in total. The van der Waals surface area contributed by atoms with Crippen LogP contribution in [0.15, 0.2) is 12.1 Å². The normalized spacial score (nSPS) is 11.3. The molecule has 0 aliphatic heterocycles. The number of methoxy groups -OCH3 is 1. The minimum absolute atomic E-state index is 0.0126. The summed E-state index contributed by atoms with van der Waals surface area (Å²) in [4.78, 5) is 11.5. The van der Waals surface area contributed by atoms with Crippen molar-refractivity contribution in [2.45, 2.75) is 40.7 Å². The molecule has 0 saturated heterocycles. The number of carbonyl (C=O) groups excluding carboxylic acids is 1. The Kier molecular flexibility index (Phi) is 8.00. The molecule has 0 unspecified atom stereocenters.